The van der Waals surface area contributed by atoms with E-state index in [1.165, 1.54) is 11.5 Å². The van der Waals surface area contributed by atoms with Gasteiger partial charge < -0.3 is 20.2 Å². The molecule has 2 fully saturated rings. The quantitative estimate of drug-likeness (QED) is 0.831. The number of rotatable bonds is 3. The Bertz CT molecular complexity index is 712. The van der Waals surface area contributed by atoms with E-state index in [-0.39, 0.29) is 18.0 Å². The number of aromatic nitrogens is 1. The highest BCUT2D eigenvalue weighted by Crippen LogP contribution is 2.29. The van der Waals surface area contributed by atoms with Crippen LogP contribution in [0, 0.1) is 24.2 Å². The number of anilines is 1. The molecule has 1 saturated heterocycles. The van der Waals surface area contributed by atoms with Crippen molar-refractivity contribution in [2.75, 3.05) is 31.1 Å². The van der Waals surface area contributed by atoms with E-state index in [0.29, 0.717) is 57.4 Å². The molecule has 0 atom stereocenters. The van der Waals surface area contributed by atoms with Gasteiger partial charge in [0.1, 0.15) is 16.6 Å². The van der Waals surface area contributed by atoms with Crippen LogP contribution in [0.5, 0.6) is 0 Å². The van der Waals surface area contributed by atoms with Crippen LogP contribution >= 0.6 is 11.5 Å². The molecule has 0 bridgehead atoms. The van der Waals surface area contributed by atoms with Crippen molar-refractivity contribution in [2.45, 2.75) is 38.6 Å². The Balaban J connectivity index is 1.48. The Labute approximate surface area is 156 Å². The number of nitrogens with one attached hydrogen (secondary N) is 1. The number of hydrogen-bond donors (Lipinski definition) is 2. The van der Waals surface area contributed by atoms with Gasteiger partial charge in [-0.25, -0.2) is 4.79 Å². The first kappa shape index (κ1) is 18.5. The lowest BCUT2D eigenvalue weighted by atomic mass is 9.86. The Kier molecular flexibility index (Phi) is 5.61. The summed E-state index contributed by atoms with van der Waals surface area (Å²) in [7, 11) is 0. The van der Waals surface area contributed by atoms with Crippen LogP contribution in [-0.4, -0.2) is 58.6 Å². The molecule has 3 rings (SSSR count). The zero-order valence-corrected chi connectivity index (χ0v) is 15.6. The summed E-state index contributed by atoms with van der Waals surface area (Å²) in [6.45, 7) is 4.38. The van der Waals surface area contributed by atoms with Gasteiger partial charge in [-0.2, -0.15) is 9.64 Å². The van der Waals surface area contributed by atoms with Gasteiger partial charge in [-0.3, -0.25) is 4.79 Å². The van der Waals surface area contributed by atoms with Gasteiger partial charge in [0, 0.05) is 32.2 Å². The second-order valence-electron chi connectivity index (χ2n) is 6.87. The molecule has 0 unspecified atom stereocenters. The van der Waals surface area contributed by atoms with E-state index in [0.717, 1.165) is 10.7 Å². The number of urea groups is 1. The van der Waals surface area contributed by atoms with E-state index in [4.69, 9.17) is 5.11 Å². The number of hydrogen-bond acceptors (Lipinski definition) is 6. The summed E-state index contributed by atoms with van der Waals surface area (Å²) in [6, 6.07) is 2.19. The highest BCUT2D eigenvalue weighted by Gasteiger charge is 2.29. The maximum atomic E-state index is 12.5. The second-order valence-corrected chi connectivity index (χ2v) is 7.62. The molecule has 1 aromatic heterocycles. The van der Waals surface area contributed by atoms with Gasteiger partial charge in [0.15, 0.2) is 0 Å². The van der Waals surface area contributed by atoms with Crippen LogP contribution in [-0.2, 0) is 4.79 Å². The number of piperazine rings is 1. The van der Waals surface area contributed by atoms with Crippen LogP contribution in [0.15, 0.2) is 0 Å². The van der Waals surface area contributed by atoms with Crippen molar-refractivity contribution in [2.24, 2.45) is 5.92 Å². The SMILES string of the molecule is Cc1nsc(N2CCN(C(=O)NC3CCC(C(=O)O)CC3)CC2)c1C#N. The molecule has 0 aromatic carbocycles. The van der Waals surface area contributed by atoms with Crippen LogP contribution in [0.25, 0.3) is 0 Å². The monoisotopic (exact) mass is 377 g/mol. The van der Waals surface area contributed by atoms with E-state index < -0.39 is 5.97 Å². The second kappa shape index (κ2) is 7.91. The molecule has 1 saturated carbocycles. The van der Waals surface area contributed by atoms with Gasteiger partial charge in [0.25, 0.3) is 0 Å². The van der Waals surface area contributed by atoms with Crippen molar-refractivity contribution in [3.05, 3.63) is 11.3 Å². The van der Waals surface area contributed by atoms with Crippen LogP contribution in [0.3, 0.4) is 0 Å². The highest BCUT2D eigenvalue weighted by molar-refractivity contribution is 7.10. The molecule has 2 N–H and O–H groups in total. The predicted octanol–water partition coefficient (Wildman–Crippen LogP) is 1.80. The number of aryl methyl sites for hydroxylation is 1. The lowest BCUT2D eigenvalue weighted by molar-refractivity contribution is -0.142. The number of carbonyl (C=O) groups excluding carboxylic acids is 1. The lowest BCUT2D eigenvalue weighted by Crippen LogP contribution is -2.54. The van der Waals surface area contributed by atoms with E-state index in [1.807, 2.05) is 6.92 Å². The largest absolute Gasteiger partial charge is 0.481 e. The first-order valence-electron chi connectivity index (χ1n) is 8.89. The smallest absolute Gasteiger partial charge is 0.317 e. The molecule has 140 valence electrons. The van der Waals surface area contributed by atoms with E-state index in [9.17, 15) is 14.9 Å². The van der Waals surface area contributed by atoms with Crippen molar-refractivity contribution >= 4 is 28.5 Å². The van der Waals surface area contributed by atoms with E-state index in [1.54, 1.807) is 4.90 Å². The van der Waals surface area contributed by atoms with Crippen molar-refractivity contribution in [1.82, 2.24) is 14.6 Å². The minimum Gasteiger partial charge on any atom is -0.481 e. The molecule has 0 spiro atoms. The van der Waals surface area contributed by atoms with Gasteiger partial charge in [0.2, 0.25) is 0 Å². The van der Waals surface area contributed by atoms with Gasteiger partial charge in [-0.05, 0) is 44.1 Å². The first-order chi connectivity index (χ1) is 12.5. The molecule has 2 heterocycles. The zero-order valence-electron chi connectivity index (χ0n) is 14.8. The van der Waals surface area contributed by atoms with Crippen LogP contribution in [0.4, 0.5) is 9.80 Å². The number of carboxylic acid groups (broad SMARTS) is 1. The summed E-state index contributed by atoms with van der Waals surface area (Å²) in [5.41, 5.74) is 1.38. The van der Waals surface area contributed by atoms with Crippen molar-refractivity contribution in [1.29, 1.82) is 5.26 Å². The molecule has 9 heteroatoms. The number of carboxylic acids is 1. The summed E-state index contributed by atoms with van der Waals surface area (Å²) < 4.78 is 4.26. The molecule has 1 aliphatic heterocycles. The number of nitriles is 1. The third-order valence-corrected chi connectivity index (χ3v) is 6.22. The fourth-order valence-corrected chi connectivity index (χ4v) is 4.46. The summed E-state index contributed by atoms with van der Waals surface area (Å²) in [4.78, 5) is 27.4. The standard InChI is InChI=1S/C17H23N5O3S/c1-11-14(10-18)15(26-20-11)21-6-8-22(9-7-21)17(25)19-13-4-2-12(3-5-13)16(23)24/h12-13H,2-9H2,1H3,(H,19,25)(H,23,24). The van der Waals surface area contributed by atoms with Crippen molar-refractivity contribution < 1.29 is 14.7 Å². The molecular weight excluding hydrogens is 354 g/mol. The summed E-state index contributed by atoms with van der Waals surface area (Å²) in [6.07, 6.45) is 2.67. The average molecular weight is 377 g/mol. The average Bonchev–Trinajstić information content (AvgIpc) is 3.02. The molecule has 26 heavy (non-hydrogen) atoms. The molecule has 1 aliphatic carbocycles. The Morgan fingerprint density at radius 3 is 2.46 bits per heavy atom. The van der Waals surface area contributed by atoms with Crippen molar-refractivity contribution in [3.8, 4) is 6.07 Å². The normalized spacial score (nSPS) is 23.4. The number of nitrogens with zero attached hydrogens (tertiary/aromatic N) is 4. The molecule has 2 aliphatic rings. The number of amides is 2. The highest BCUT2D eigenvalue weighted by atomic mass is 32.1. The molecule has 0 radical (unpaired) electrons. The first-order valence-corrected chi connectivity index (χ1v) is 9.66. The Morgan fingerprint density at radius 1 is 1.23 bits per heavy atom. The molecule has 2 amide bonds. The maximum Gasteiger partial charge on any atom is 0.317 e. The van der Waals surface area contributed by atoms with E-state index >= 15 is 0 Å². The van der Waals surface area contributed by atoms with Gasteiger partial charge >= 0.3 is 12.0 Å². The van der Waals surface area contributed by atoms with E-state index in [2.05, 4.69) is 20.7 Å². The fourth-order valence-electron chi connectivity index (χ4n) is 3.57. The van der Waals surface area contributed by atoms with Gasteiger partial charge in [0.05, 0.1) is 11.6 Å². The zero-order chi connectivity index (χ0) is 18.7. The van der Waals surface area contributed by atoms with Crippen LogP contribution < -0.4 is 10.2 Å². The fraction of sp³-hybridized carbons (Fsp3) is 0.647. The van der Waals surface area contributed by atoms with Crippen LogP contribution in [0.1, 0.15) is 36.9 Å². The summed E-state index contributed by atoms with van der Waals surface area (Å²) in [5, 5.41) is 22.2. The molecular formula is C17H23N5O3S. The maximum absolute atomic E-state index is 12.5. The number of carbonyl (C=O) groups is 2. The third kappa shape index (κ3) is 3.90. The predicted molar refractivity (Wildman–Crippen MR) is 97.3 cm³/mol. The van der Waals surface area contributed by atoms with Gasteiger partial charge in [-0.15, -0.1) is 0 Å². The molecule has 1 aromatic rings. The lowest BCUT2D eigenvalue weighted by Gasteiger charge is -2.36. The minimum absolute atomic E-state index is 0.0606. The minimum atomic E-state index is -0.735. The van der Waals surface area contributed by atoms with Crippen LogP contribution in [0.2, 0.25) is 0 Å². The Hall–Kier alpha value is -2.34. The third-order valence-electron chi connectivity index (χ3n) is 5.21. The summed E-state index contributed by atoms with van der Waals surface area (Å²) >= 11 is 1.33. The Morgan fingerprint density at radius 2 is 1.88 bits per heavy atom. The topological polar surface area (TPSA) is 110 Å². The van der Waals surface area contributed by atoms with Gasteiger partial charge in [-0.1, -0.05) is 0 Å². The number of aliphatic carboxylic acids is 1. The van der Waals surface area contributed by atoms with Crippen molar-refractivity contribution in [3.63, 3.8) is 0 Å². The summed E-state index contributed by atoms with van der Waals surface area (Å²) in [5.74, 6) is -1.01. The molecule has 8 nitrogen and oxygen atoms in total.